The van der Waals surface area contributed by atoms with Gasteiger partial charge in [-0.3, -0.25) is 9.69 Å². The summed E-state index contributed by atoms with van der Waals surface area (Å²) in [5.41, 5.74) is 4.07. The molecule has 2 aromatic carbocycles. The molecule has 2 aromatic rings. The molecule has 1 heterocycles. The van der Waals surface area contributed by atoms with Gasteiger partial charge in [0.15, 0.2) is 0 Å². The Labute approximate surface area is 239 Å². The van der Waals surface area contributed by atoms with Gasteiger partial charge >= 0.3 is 18.2 Å². The number of cyclic esters (lactones) is 1. The zero-order chi connectivity index (χ0) is 30.1. The number of hydrogen-bond donors (Lipinski definition) is 0. The zero-order valence-corrected chi connectivity index (χ0v) is 24.5. The third-order valence-corrected chi connectivity index (χ3v) is 8.11. The summed E-state index contributed by atoms with van der Waals surface area (Å²) < 4.78 is 56.7. The van der Waals surface area contributed by atoms with Crippen LogP contribution in [0, 0.1) is 12.3 Å². The van der Waals surface area contributed by atoms with Crippen LogP contribution in [0.25, 0.3) is 5.57 Å². The number of ether oxygens (including phenoxy) is 3. The quantitative estimate of drug-likeness (QED) is 0.303. The van der Waals surface area contributed by atoms with Crippen LogP contribution in [-0.2, 0) is 26.9 Å². The van der Waals surface area contributed by atoms with E-state index in [4.69, 9.17) is 14.2 Å². The zero-order valence-electron chi connectivity index (χ0n) is 24.5. The number of aryl methyl sites for hydroxylation is 2. The first-order valence-corrected chi connectivity index (χ1v) is 13.8. The van der Waals surface area contributed by atoms with Crippen molar-refractivity contribution in [3.05, 3.63) is 69.8 Å². The molecule has 6 nitrogen and oxygen atoms in total. The summed E-state index contributed by atoms with van der Waals surface area (Å²) in [4.78, 5) is 26.5. The number of halogens is 3. The molecule has 0 N–H and O–H groups in total. The predicted octanol–water partition coefficient (Wildman–Crippen LogP) is 7.67. The molecule has 1 aliphatic heterocycles. The summed E-state index contributed by atoms with van der Waals surface area (Å²) in [5.74, 6) is 0.419. The number of rotatable bonds is 8. The van der Waals surface area contributed by atoms with E-state index in [-0.39, 0.29) is 17.8 Å². The third kappa shape index (κ3) is 6.88. The fraction of sp³-hybridized carbons (Fsp3) is 0.500. The minimum absolute atomic E-state index is 0.00101. The van der Waals surface area contributed by atoms with Crippen LogP contribution in [0.2, 0.25) is 0 Å². The minimum Gasteiger partial charge on any atom is -0.496 e. The van der Waals surface area contributed by atoms with Gasteiger partial charge in [-0.1, -0.05) is 31.5 Å². The van der Waals surface area contributed by atoms with Crippen molar-refractivity contribution >= 4 is 17.6 Å². The average molecular weight is 574 g/mol. The molecule has 4 rings (SSSR count). The van der Waals surface area contributed by atoms with E-state index in [1.807, 2.05) is 25.1 Å². The Morgan fingerprint density at radius 3 is 2.54 bits per heavy atom. The first kappa shape index (κ1) is 30.5. The molecule has 1 saturated heterocycles. The lowest BCUT2D eigenvalue weighted by Crippen LogP contribution is -2.35. The number of carbonyl (C=O) groups excluding carboxylic acids is 2. The van der Waals surface area contributed by atoms with Crippen molar-refractivity contribution in [2.24, 2.45) is 5.41 Å². The third-order valence-electron chi connectivity index (χ3n) is 8.11. The summed E-state index contributed by atoms with van der Waals surface area (Å²) in [7, 11) is 2.98. The van der Waals surface area contributed by atoms with Crippen molar-refractivity contribution in [1.82, 2.24) is 4.90 Å². The predicted molar refractivity (Wildman–Crippen MR) is 149 cm³/mol. The van der Waals surface area contributed by atoms with E-state index in [1.54, 1.807) is 25.0 Å². The van der Waals surface area contributed by atoms with Crippen LogP contribution < -0.4 is 4.74 Å². The molecule has 41 heavy (non-hydrogen) atoms. The van der Waals surface area contributed by atoms with E-state index >= 15 is 0 Å². The lowest BCUT2D eigenvalue weighted by molar-refractivity contribution is -0.140. The van der Waals surface area contributed by atoms with Crippen molar-refractivity contribution in [1.29, 1.82) is 0 Å². The summed E-state index contributed by atoms with van der Waals surface area (Å²) in [6.07, 6.45) is -2.64. The van der Waals surface area contributed by atoms with Gasteiger partial charge < -0.3 is 14.2 Å². The highest BCUT2D eigenvalue weighted by molar-refractivity contribution is 5.77. The van der Waals surface area contributed by atoms with Gasteiger partial charge in [-0.15, -0.1) is 0 Å². The van der Waals surface area contributed by atoms with Gasteiger partial charge in [-0.05, 0) is 91.5 Å². The first-order chi connectivity index (χ1) is 19.2. The van der Waals surface area contributed by atoms with E-state index < -0.39 is 30.0 Å². The number of nitrogens with zero attached hydrogens (tertiary/aromatic N) is 1. The van der Waals surface area contributed by atoms with Crippen LogP contribution in [0.4, 0.5) is 18.0 Å². The Kier molecular flexibility index (Phi) is 8.76. The second kappa shape index (κ2) is 11.8. The highest BCUT2D eigenvalue weighted by atomic mass is 19.4. The highest BCUT2D eigenvalue weighted by Gasteiger charge is 2.42. The van der Waals surface area contributed by atoms with Crippen LogP contribution in [0.3, 0.4) is 0 Å². The summed E-state index contributed by atoms with van der Waals surface area (Å²) in [6, 6.07) is 9.20. The van der Waals surface area contributed by atoms with Crippen LogP contribution >= 0.6 is 0 Å². The Morgan fingerprint density at radius 1 is 1.15 bits per heavy atom. The van der Waals surface area contributed by atoms with E-state index in [1.165, 1.54) is 7.11 Å². The topological polar surface area (TPSA) is 65.1 Å². The molecule has 1 aliphatic carbocycles. The van der Waals surface area contributed by atoms with Crippen LogP contribution in [0.15, 0.2) is 42.0 Å². The fourth-order valence-corrected chi connectivity index (χ4v) is 5.89. The molecule has 0 spiro atoms. The molecule has 222 valence electrons. The van der Waals surface area contributed by atoms with Crippen molar-refractivity contribution in [2.45, 2.75) is 78.1 Å². The normalized spacial score (nSPS) is 20.7. The number of benzene rings is 2. The molecular formula is C32H38F3NO5. The van der Waals surface area contributed by atoms with Gasteiger partial charge in [0.05, 0.1) is 25.8 Å². The second-order valence-electron chi connectivity index (χ2n) is 11.8. The Balaban J connectivity index is 1.69. The van der Waals surface area contributed by atoms with Crippen molar-refractivity contribution in [3.63, 3.8) is 0 Å². The molecule has 0 bridgehead atoms. The van der Waals surface area contributed by atoms with Crippen LogP contribution in [-0.4, -0.2) is 43.8 Å². The Bertz CT molecular complexity index is 1350. The van der Waals surface area contributed by atoms with Crippen molar-refractivity contribution in [2.75, 3.05) is 20.8 Å². The highest BCUT2D eigenvalue weighted by Crippen LogP contribution is 2.46. The van der Waals surface area contributed by atoms with Gasteiger partial charge in [-0.2, -0.15) is 13.2 Å². The van der Waals surface area contributed by atoms with Gasteiger partial charge in [0, 0.05) is 18.5 Å². The maximum absolute atomic E-state index is 13.5. The summed E-state index contributed by atoms with van der Waals surface area (Å²) in [5, 5.41) is 0. The molecule has 2 aliphatic rings. The minimum atomic E-state index is -4.50. The number of esters is 1. The molecule has 0 unspecified atom stereocenters. The number of alkyl halides is 3. The summed E-state index contributed by atoms with van der Waals surface area (Å²) >= 11 is 0. The summed E-state index contributed by atoms with van der Waals surface area (Å²) in [6.45, 7) is 8.09. The number of allylic oxidation sites excluding steroid dienone is 1. The second-order valence-corrected chi connectivity index (χ2v) is 11.8. The molecule has 1 fully saturated rings. The number of methoxy groups -OCH3 is 2. The molecule has 1 amide bonds. The molecule has 9 heteroatoms. The Hall–Kier alpha value is -3.49. The SMILES string of the molecule is COC(=O)CCc1ccc(OC)c(C2=C(CN3C(=O)O[C@H](c4cc(C)cc(C(F)(F)F)c4)[C@@H]3C)CC(C)(C)CC2)c1. The number of carbonyl (C=O) groups is 2. The van der Waals surface area contributed by atoms with E-state index in [0.717, 1.165) is 53.7 Å². The molecule has 2 atom stereocenters. The molecule has 0 aromatic heterocycles. The van der Waals surface area contributed by atoms with Crippen LogP contribution in [0.5, 0.6) is 5.75 Å². The smallest absolute Gasteiger partial charge is 0.416 e. The van der Waals surface area contributed by atoms with E-state index in [2.05, 4.69) is 13.8 Å². The lowest BCUT2D eigenvalue weighted by Gasteiger charge is -2.36. The monoisotopic (exact) mass is 573 g/mol. The van der Waals surface area contributed by atoms with Gasteiger partial charge in [-0.25, -0.2) is 4.79 Å². The maximum Gasteiger partial charge on any atom is 0.416 e. The van der Waals surface area contributed by atoms with Gasteiger partial charge in [0.2, 0.25) is 0 Å². The van der Waals surface area contributed by atoms with Crippen molar-refractivity contribution < 1.29 is 37.0 Å². The largest absolute Gasteiger partial charge is 0.496 e. The van der Waals surface area contributed by atoms with Crippen molar-refractivity contribution in [3.8, 4) is 5.75 Å². The van der Waals surface area contributed by atoms with E-state index in [9.17, 15) is 22.8 Å². The van der Waals surface area contributed by atoms with Crippen LogP contribution in [0.1, 0.15) is 80.4 Å². The number of hydrogen-bond acceptors (Lipinski definition) is 5. The lowest BCUT2D eigenvalue weighted by atomic mass is 9.72. The number of amides is 1. The van der Waals surface area contributed by atoms with Gasteiger partial charge in [0.25, 0.3) is 0 Å². The molecular weight excluding hydrogens is 535 g/mol. The van der Waals surface area contributed by atoms with Gasteiger partial charge in [0.1, 0.15) is 11.9 Å². The van der Waals surface area contributed by atoms with E-state index in [0.29, 0.717) is 29.8 Å². The first-order valence-electron chi connectivity index (χ1n) is 13.8. The fourth-order valence-electron chi connectivity index (χ4n) is 5.89. The Morgan fingerprint density at radius 2 is 1.88 bits per heavy atom. The molecule has 0 saturated carbocycles. The standard InChI is InChI=1S/C32H38F3NO5/c1-19-13-22(16-24(14-19)32(33,34)35)29-20(2)36(30(38)41-29)18-23-17-31(3,4)12-11-25(23)26-15-21(7-9-27(26)39-5)8-10-28(37)40-6/h7,9,13-16,20,29H,8,10-12,17-18H2,1-6H3/t20-,29-/m0/s1. The average Bonchev–Trinajstić information content (AvgIpc) is 3.18. The maximum atomic E-state index is 13.5. The molecule has 0 radical (unpaired) electrons.